The highest BCUT2D eigenvalue weighted by Gasteiger charge is 2.44. The number of halogens is 3. The van der Waals surface area contributed by atoms with Crippen LogP contribution in [0.3, 0.4) is 0 Å². The molecule has 0 heterocycles. The molecule has 218 valence electrons. The third-order valence-corrected chi connectivity index (χ3v) is 7.53. The molecule has 3 aromatic carbocycles. The predicted octanol–water partition coefficient (Wildman–Crippen LogP) is 5.91. The van der Waals surface area contributed by atoms with Crippen LogP contribution in [0.2, 0.25) is 0 Å². The van der Waals surface area contributed by atoms with E-state index in [0.717, 1.165) is 16.4 Å². The second-order valence-electron chi connectivity index (χ2n) is 8.92. The Hall–Kier alpha value is -3.42. The quantitative estimate of drug-likeness (QED) is 0.147. The number of ether oxygens (including phenoxy) is 4. The highest BCUT2D eigenvalue weighted by molar-refractivity contribution is 7.97. The molecule has 0 spiro atoms. The first-order valence-electron chi connectivity index (χ1n) is 11.5. The molecule has 3 aromatic rings. The summed E-state index contributed by atoms with van der Waals surface area (Å²) in [6.07, 6.45) is 0. The number of hydrogen-bond donors (Lipinski definition) is 1. The molecule has 40 heavy (non-hydrogen) atoms. The maximum atomic E-state index is 11.9. The fraction of sp³-hybridized carbons (Fsp3) is 0.296. The van der Waals surface area contributed by atoms with Gasteiger partial charge in [-0.05, 0) is 93.6 Å². The van der Waals surface area contributed by atoms with Gasteiger partial charge in [0, 0.05) is 0 Å². The van der Waals surface area contributed by atoms with Gasteiger partial charge in [0.25, 0.3) is 0 Å². The van der Waals surface area contributed by atoms with Gasteiger partial charge in [-0.1, -0.05) is 0 Å². The minimum absolute atomic E-state index is 0.126. The smallest absolute Gasteiger partial charge is 0.497 e. The van der Waals surface area contributed by atoms with E-state index < -0.39 is 27.2 Å². The minimum Gasteiger partial charge on any atom is -0.497 e. The average molecular weight is 604 g/mol. The molecule has 0 amide bonds. The van der Waals surface area contributed by atoms with E-state index in [0.29, 0.717) is 5.75 Å². The number of hydrogen-bond acceptors (Lipinski definition) is 7. The fourth-order valence-corrected chi connectivity index (χ4v) is 5.06. The molecule has 3 rings (SSSR count). The lowest BCUT2D eigenvalue weighted by atomic mass is 10.2. The Balaban J connectivity index is 0.000000611. The highest BCUT2D eigenvalue weighted by Crippen LogP contribution is 2.34. The van der Waals surface area contributed by atoms with Gasteiger partial charge in [0.05, 0.1) is 25.1 Å². The van der Waals surface area contributed by atoms with E-state index in [1.165, 1.54) is 9.79 Å². The van der Waals surface area contributed by atoms with Crippen LogP contribution >= 0.6 is 0 Å². The van der Waals surface area contributed by atoms with E-state index in [1.807, 2.05) is 69.3 Å². The third-order valence-electron chi connectivity index (χ3n) is 4.72. The molecule has 8 nitrogen and oxygen atoms in total. The van der Waals surface area contributed by atoms with Crippen LogP contribution in [0.15, 0.2) is 87.5 Å². The summed E-state index contributed by atoms with van der Waals surface area (Å²) in [5.41, 5.74) is -6.07. The van der Waals surface area contributed by atoms with Gasteiger partial charge in [0.15, 0.2) is 21.3 Å². The van der Waals surface area contributed by atoms with Crippen molar-refractivity contribution in [2.45, 2.75) is 46.6 Å². The zero-order chi connectivity index (χ0) is 30.1. The van der Waals surface area contributed by atoms with Crippen LogP contribution < -0.4 is 14.2 Å². The van der Waals surface area contributed by atoms with Crippen molar-refractivity contribution in [2.75, 3.05) is 20.8 Å². The number of methoxy groups -OCH3 is 2. The summed E-state index contributed by atoms with van der Waals surface area (Å²) in [6, 6.07) is 24.0. The first-order valence-corrected chi connectivity index (χ1v) is 14.2. The Morgan fingerprint density at radius 2 is 1.07 bits per heavy atom. The molecule has 0 aliphatic heterocycles. The number of rotatable bonds is 8. The third kappa shape index (κ3) is 10.3. The van der Waals surface area contributed by atoms with E-state index in [1.54, 1.807) is 14.2 Å². The molecule has 0 unspecified atom stereocenters. The predicted molar refractivity (Wildman–Crippen MR) is 144 cm³/mol. The van der Waals surface area contributed by atoms with Crippen LogP contribution in [-0.4, -0.2) is 50.9 Å². The molecular formula is C27H30F3O8S2+. The largest absolute Gasteiger partial charge is 0.522 e. The fourth-order valence-electron chi connectivity index (χ4n) is 3.02. The van der Waals surface area contributed by atoms with Gasteiger partial charge in [0.1, 0.15) is 22.8 Å². The SMILES string of the molecule is COc1ccc([S+](c2ccc(OC)cc2)c2ccc(OCC(=O)OC(C)(C)C)cc2)cc1.O=S(=O)(O)C(F)(F)F. The van der Waals surface area contributed by atoms with Crippen LogP contribution in [0.4, 0.5) is 13.2 Å². The molecule has 0 aliphatic rings. The first-order chi connectivity index (χ1) is 18.5. The Morgan fingerprint density at radius 3 is 1.35 bits per heavy atom. The van der Waals surface area contributed by atoms with Gasteiger partial charge in [-0.15, -0.1) is 0 Å². The maximum absolute atomic E-state index is 11.9. The second-order valence-corrected chi connectivity index (χ2v) is 12.4. The Labute approximate surface area is 234 Å². The molecule has 0 radical (unpaired) electrons. The van der Waals surface area contributed by atoms with E-state index in [4.69, 9.17) is 31.9 Å². The van der Waals surface area contributed by atoms with Crippen molar-refractivity contribution in [1.29, 1.82) is 0 Å². The van der Waals surface area contributed by atoms with Gasteiger partial charge >= 0.3 is 21.6 Å². The summed E-state index contributed by atoms with van der Waals surface area (Å²) in [5, 5.41) is 0. The Bertz CT molecular complexity index is 1290. The van der Waals surface area contributed by atoms with E-state index in [2.05, 4.69) is 24.3 Å². The molecule has 13 heteroatoms. The van der Waals surface area contributed by atoms with Gasteiger partial charge < -0.3 is 18.9 Å². The van der Waals surface area contributed by atoms with Crippen molar-refractivity contribution in [1.82, 2.24) is 0 Å². The number of alkyl halides is 3. The van der Waals surface area contributed by atoms with E-state index >= 15 is 0 Å². The van der Waals surface area contributed by atoms with Gasteiger partial charge in [-0.25, -0.2) is 4.79 Å². The zero-order valence-corrected chi connectivity index (χ0v) is 24.0. The average Bonchev–Trinajstić information content (AvgIpc) is 2.87. The van der Waals surface area contributed by atoms with Crippen molar-refractivity contribution in [3.8, 4) is 17.2 Å². The molecule has 0 bridgehead atoms. The summed E-state index contributed by atoms with van der Waals surface area (Å²) >= 11 is 0. The molecule has 0 saturated carbocycles. The van der Waals surface area contributed by atoms with Crippen LogP contribution in [-0.2, 0) is 30.5 Å². The molecule has 0 fully saturated rings. The lowest BCUT2D eigenvalue weighted by Crippen LogP contribution is -2.27. The highest BCUT2D eigenvalue weighted by atomic mass is 32.2. The van der Waals surface area contributed by atoms with E-state index in [9.17, 15) is 18.0 Å². The van der Waals surface area contributed by atoms with Gasteiger partial charge in [0.2, 0.25) is 0 Å². The van der Waals surface area contributed by atoms with Crippen LogP contribution in [0, 0.1) is 0 Å². The number of carbonyl (C=O) groups excluding carboxylic acids is 1. The van der Waals surface area contributed by atoms with Crippen LogP contribution in [0.25, 0.3) is 0 Å². The summed E-state index contributed by atoms with van der Waals surface area (Å²) in [4.78, 5) is 15.4. The van der Waals surface area contributed by atoms with Crippen molar-refractivity contribution in [3.05, 3.63) is 72.8 Å². The van der Waals surface area contributed by atoms with Crippen LogP contribution in [0.5, 0.6) is 17.2 Å². The normalized spacial score (nSPS) is 11.8. The standard InChI is InChI=1S/C26H29O5S.CHF3O3S/c1-26(2,3)31-25(27)18-30-21-10-16-24(17-11-21)32(22-12-6-19(28-4)7-13-22)23-14-8-20(29-5)9-15-23;2-1(3,4)8(5,6)7/h6-17H,18H2,1-5H3;(H,5,6,7)/q+1;. The Kier molecular flexibility index (Phi) is 11.3. The number of carbonyl (C=O) groups is 1. The topological polar surface area (TPSA) is 108 Å². The molecule has 0 atom stereocenters. The summed E-state index contributed by atoms with van der Waals surface area (Å²) in [6.45, 7) is 5.37. The van der Waals surface area contributed by atoms with Gasteiger partial charge in [-0.3, -0.25) is 4.55 Å². The van der Waals surface area contributed by atoms with Crippen molar-refractivity contribution >= 4 is 27.0 Å². The minimum atomic E-state index is -5.84. The first kappa shape index (κ1) is 32.8. The maximum Gasteiger partial charge on any atom is 0.522 e. The van der Waals surface area contributed by atoms with Crippen LogP contribution in [0.1, 0.15) is 20.8 Å². The molecule has 1 N–H and O–H groups in total. The number of benzene rings is 3. The summed E-state index contributed by atoms with van der Waals surface area (Å²) in [5.74, 6) is 1.86. The lowest BCUT2D eigenvalue weighted by molar-refractivity contribution is -0.157. The van der Waals surface area contributed by atoms with Crippen molar-refractivity contribution in [2.24, 2.45) is 0 Å². The summed E-state index contributed by atoms with van der Waals surface area (Å²) in [7, 11) is -2.85. The molecule has 0 aromatic heterocycles. The number of esters is 1. The molecule has 0 aliphatic carbocycles. The van der Waals surface area contributed by atoms with E-state index in [-0.39, 0.29) is 17.5 Å². The monoisotopic (exact) mass is 603 g/mol. The molecule has 0 saturated heterocycles. The zero-order valence-electron chi connectivity index (χ0n) is 22.4. The second kappa shape index (κ2) is 13.8. The lowest BCUT2D eigenvalue weighted by Gasteiger charge is -2.19. The van der Waals surface area contributed by atoms with Gasteiger partial charge in [-0.2, -0.15) is 21.6 Å². The Morgan fingerprint density at radius 1 is 0.750 bits per heavy atom. The molecular weight excluding hydrogens is 573 g/mol. The summed E-state index contributed by atoms with van der Waals surface area (Å²) < 4.78 is 79.1. The van der Waals surface area contributed by atoms with Crippen molar-refractivity contribution < 1.29 is 49.9 Å². The van der Waals surface area contributed by atoms with Crippen molar-refractivity contribution in [3.63, 3.8) is 0 Å².